The van der Waals surface area contributed by atoms with E-state index in [1.54, 1.807) is 67.0 Å². The Kier molecular flexibility index (Phi) is 9.52. The Hall–Kier alpha value is -3.89. The van der Waals surface area contributed by atoms with Gasteiger partial charge in [0.2, 0.25) is 10.0 Å². The van der Waals surface area contributed by atoms with Crippen molar-refractivity contribution in [1.82, 2.24) is 14.6 Å². The van der Waals surface area contributed by atoms with E-state index in [9.17, 15) is 31.2 Å². The zero-order valence-electron chi connectivity index (χ0n) is 25.5. The Morgan fingerprint density at radius 2 is 1.76 bits per heavy atom. The van der Waals surface area contributed by atoms with Crippen molar-refractivity contribution >= 4 is 44.2 Å². The third-order valence-electron chi connectivity index (χ3n) is 7.24. The van der Waals surface area contributed by atoms with Gasteiger partial charge in [-0.2, -0.15) is 17.5 Å². The number of ether oxygens (including phenoxy) is 2. The van der Waals surface area contributed by atoms with Crippen LogP contribution in [-0.2, 0) is 27.4 Å². The van der Waals surface area contributed by atoms with Gasteiger partial charge in [-0.1, -0.05) is 6.07 Å². The molecule has 5 rings (SSSR count). The number of anilines is 2. The van der Waals surface area contributed by atoms with Gasteiger partial charge in [0.25, 0.3) is 5.91 Å². The van der Waals surface area contributed by atoms with Crippen molar-refractivity contribution in [3.05, 3.63) is 64.7 Å². The van der Waals surface area contributed by atoms with Crippen LogP contribution >= 0.6 is 11.3 Å². The van der Waals surface area contributed by atoms with E-state index in [0.29, 0.717) is 30.0 Å². The molecule has 0 unspecified atom stereocenters. The molecule has 0 spiro atoms. The molecule has 3 aromatic rings. The lowest BCUT2D eigenvalue weighted by molar-refractivity contribution is -0.140. The topological polar surface area (TPSA) is 121 Å². The Labute approximate surface area is 269 Å². The highest BCUT2D eigenvalue weighted by atomic mass is 32.2. The highest BCUT2D eigenvalue weighted by Crippen LogP contribution is 2.35. The number of nitrogens with one attached hydrogen (secondary N) is 1. The number of halogens is 3. The molecule has 2 aromatic carbocycles. The summed E-state index contributed by atoms with van der Waals surface area (Å²) in [6.45, 7) is 6.66. The summed E-state index contributed by atoms with van der Waals surface area (Å²) in [6.07, 6.45) is -4.62. The highest BCUT2D eigenvalue weighted by Gasteiger charge is 2.36. The number of carbonyl (C=O) groups is 2. The number of aromatic nitrogens is 1. The maximum atomic E-state index is 13.5. The van der Waals surface area contributed by atoms with E-state index in [2.05, 4.69) is 10.3 Å². The molecule has 16 heteroatoms. The van der Waals surface area contributed by atoms with Crippen molar-refractivity contribution in [3.63, 3.8) is 0 Å². The first-order chi connectivity index (χ1) is 21.6. The third-order valence-corrected chi connectivity index (χ3v) is 10.0. The van der Waals surface area contributed by atoms with Gasteiger partial charge in [0, 0.05) is 49.4 Å². The molecule has 11 nitrogen and oxygen atoms in total. The SMILES string of the molecule is CC(C)(C)OC(=O)NCCOc1cccc(C(=O)N2CCc3cc(S(=O)(=O)N4CCN(c5nc(C(F)(F)F)cs5)CC4)ccc32)c1. The number of piperazine rings is 1. The number of sulfonamides is 1. The van der Waals surface area contributed by atoms with Gasteiger partial charge >= 0.3 is 12.3 Å². The van der Waals surface area contributed by atoms with Crippen LogP contribution < -0.4 is 19.9 Å². The predicted molar refractivity (Wildman–Crippen MR) is 166 cm³/mol. The Bertz CT molecular complexity index is 1700. The summed E-state index contributed by atoms with van der Waals surface area (Å²) in [6, 6.07) is 11.4. The van der Waals surface area contributed by atoms with Crippen LogP contribution in [0.25, 0.3) is 0 Å². The number of carbonyl (C=O) groups excluding carboxylic acids is 2. The molecule has 3 heterocycles. The Morgan fingerprint density at radius 1 is 1.02 bits per heavy atom. The molecule has 0 atom stereocenters. The zero-order chi connectivity index (χ0) is 33.3. The van der Waals surface area contributed by atoms with Crippen LogP contribution in [0.3, 0.4) is 0 Å². The first-order valence-electron chi connectivity index (χ1n) is 14.5. The lowest BCUT2D eigenvalue weighted by Crippen LogP contribution is -2.48. The standard InChI is InChI=1S/C30H34F3N5O6S2/c1-29(2,3)44-28(40)34-10-16-43-22-6-4-5-21(17-22)26(39)38-11-9-20-18-23(7-8-24(20)38)46(41,42)37-14-12-36(13-15-37)27-35-25(19-45-27)30(31,32)33/h4-8,17-19H,9-16H2,1-3H3,(H,34,40). The van der Waals surface area contributed by atoms with E-state index in [1.165, 1.54) is 10.4 Å². The molecule has 1 fully saturated rings. The quantitative estimate of drug-likeness (QED) is 0.338. The van der Waals surface area contributed by atoms with Crippen LogP contribution in [0.2, 0.25) is 0 Å². The normalized spacial score (nSPS) is 15.9. The van der Waals surface area contributed by atoms with Gasteiger partial charge in [-0.15, -0.1) is 11.3 Å². The zero-order valence-corrected chi connectivity index (χ0v) is 27.1. The minimum atomic E-state index is -4.53. The van der Waals surface area contributed by atoms with E-state index in [-0.39, 0.29) is 55.3 Å². The second-order valence-electron chi connectivity index (χ2n) is 11.7. The summed E-state index contributed by atoms with van der Waals surface area (Å²) in [5, 5.41) is 3.77. The van der Waals surface area contributed by atoms with E-state index < -0.39 is 33.6 Å². The van der Waals surface area contributed by atoms with Gasteiger partial charge in [-0.05, 0) is 69.2 Å². The fourth-order valence-electron chi connectivity index (χ4n) is 5.07. The summed E-state index contributed by atoms with van der Waals surface area (Å²) >= 11 is 0.879. The average Bonchev–Trinajstić information content (AvgIpc) is 3.66. The number of alkyl halides is 3. The second kappa shape index (κ2) is 13.1. The number of amides is 2. The first-order valence-corrected chi connectivity index (χ1v) is 16.9. The van der Waals surface area contributed by atoms with Crippen molar-refractivity contribution in [3.8, 4) is 5.75 Å². The van der Waals surface area contributed by atoms with Gasteiger partial charge in [0.1, 0.15) is 18.0 Å². The van der Waals surface area contributed by atoms with Gasteiger partial charge in [-0.25, -0.2) is 18.2 Å². The lowest BCUT2D eigenvalue weighted by Gasteiger charge is -2.33. The fraction of sp³-hybridized carbons (Fsp3) is 0.433. The number of fused-ring (bicyclic) bond motifs is 1. The minimum Gasteiger partial charge on any atom is -0.492 e. The minimum absolute atomic E-state index is 0.0954. The van der Waals surface area contributed by atoms with Crippen LogP contribution in [0.15, 0.2) is 52.7 Å². The van der Waals surface area contributed by atoms with Crippen LogP contribution in [-0.4, -0.2) is 81.2 Å². The van der Waals surface area contributed by atoms with Gasteiger partial charge < -0.3 is 24.6 Å². The van der Waals surface area contributed by atoms with Gasteiger partial charge in [0.15, 0.2) is 10.8 Å². The highest BCUT2D eigenvalue weighted by molar-refractivity contribution is 7.89. The fourth-order valence-corrected chi connectivity index (χ4v) is 7.43. The van der Waals surface area contributed by atoms with Crippen molar-refractivity contribution in [2.45, 2.75) is 43.9 Å². The maximum Gasteiger partial charge on any atom is 0.434 e. The molecule has 0 radical (unpaired) electrons. The van der Waals surface area contributed by atoms with Crippen molar-refractivity contribution in [2.75, 3.05) is 55.7 Å². The largest absolute Gasteiger partial charge is 0.492 e. The maximum absolute atomic E-state index is 13.5. The summed E-state index contributed by atoms with van der Waals surface area (Å²) in [5.41, 5.74) is 0.156. The first kappa shape index (κ1) is 33.5. The van der Waals surface area contributed by atoms with Crippen molar-refractivity contribution in [1.29, 1.82) is 0 Å². The monoisotopic (exact) mass is 681 g/mol. The lowest BCUT2D eigenvalue weighted by atomic mass is 10.1. The molecule has 1 aromatic heterocycles. The number of hydrogen-bond donors (Lipinski definition) is 1. The molecule has 2 aliphatic rings. The molecule has 1 N–H and O–H groups in total. The molecule has 0 aliphatic carbocycles. The van der Waals surface area contributed by atoms with Crippen LogP contribution in [0, 0.1) is 0 Å². The average molecular weight is 682 g/mol. The van der Waals surface area contributed by atoms with Crippen molar-refractivity contribution < 1.29 is 40.7 Å². The smallest absolute Gasteiger partial charge is 0.434 e. The van der Waals surface area contributed by atoms with E-state index >= 15 is 0 Å². The number of nitrogens with zero attached hydrogens (tertiary/aromatic N) is 4. The third kappa shape index (κ3) is 7.73. The number of alkyl carbamates (subject to hydrolysis) is 1. The summed E-state index contributed by atoms with van der Waals surface area (Å²) in [7, 11) is -3.87. The second-order valence-corrected chi connectivity index (χ2v) is 14.5. The molecule has 46 heavy (non-hydrogen) atoms. The van der Waals surface area contributed by atoms with Crippen molar-refractivity contribution in [2.24, 2.45) is 0 Å². The van der Waals surface area contributed by atoms with Crippen LogP contribution in [0.1, 0.15) is 42.4 Å². The molecular formula is C30H34F3N5O6S2. The molecule has 248 valence electrons. The summed E-state index contributed by atoms with van der Waals surface area (Å²) < 4.78 is 78.0. The van der Waals surface area contributed by atoms with Gasteiger partial charge in [-0.3, -0.25) is 4.79 Å². The number of thiazole rings is 1. The number of hydrogen-bond acceptors (Lipinski definition) is 9. The van der Waals surface area contributed by atoms with E-state index in [0.717, 1.165) is 22.3 Å². The summed E-state index contributed by atoms with van der Waals surface area (Å²) in [4.78, 5) is 32.2. The summed E-state index contributed by atoms with van der Waals surface area (Å²) in [5.74, 6) is 0.187. The Morgan fingerprint density at radius 3 is 2.43 bits per heavy atom. The van der Waals surface area contributed by atoms with E-state index in [4.69, 9.17) is 9.47 Å². The van der Waals surface area contributed by atoms with Crippen LogP contribution in [0.4, 0.5) is 28.8 Å². The molecule has 2 aliphatic heterocycles. The molecule has 1 saturated heterocycles. The predicted octanol–water partition coefficient (Wildman–Crippen LogP) is 4.78. The Balaban J connectivity index is 1.18. The molecule has 0 saturated carbocycles. The van der Waals surface area contributed by atoms with E-state index in [1.807, 2.05) is 0 Å². The molecular weight excluding hydrogens is 647 g/mol. The molecule has 0 bridgehead atoms. The van der Waals surface area contributed by atoms with Crippen LogP contribution in [0.5, 0.6) is 5.75 Å². The number of benzene rings is 2. The molecule has 2 amide bonds. The van der Waals surface area contributed by atoms with Gasteiger partial charge in [0.05, 0.1) is 11.4 Å². The number of rotatable bonds is 8.